The van der Waals surface area contributed by atoms with E-state index in [1.54, 1.807) is 11.3 Å². The number of hydrogen-bond acceptors (Lipinski definition) is 4. The molecule has 2 aromatic rings. The molecule has 1 amide bonds. The normalized spacial score (nSPS) is 19.3. The molecule has 1 atom stereocenters. The van der Waals surface area contributed by atoms with Gasteiger partial charge in [-0.25, -0.2) is 4.98 Å². The summed E-state index contributed by atoms with van der Waals surface area (Å²) < 4.78 is 2.02. The third kappa shape index (κ3) is 2.96. The van der Waals surface area contributed by atoms with Crippen LogP contribution < -0.4 is 0 Å². The van der Waals surface area contributed by atoms with Crippen LogP contribution in [0.5, 0.6) is 0 Å². The Bertz CT molecular complexity index is 632. The molecule has 0 bridgehead atoms. The summed E-state index contributed by atoms with van der Waals surface area (Å²) in [4.78, 5) is 19.9. The third-order valence-electron chi connectivity index (χ3n) is 4.15. The number of piperidine rings is 1. The number of aromatic nitrogens is 2. The highest BCUT2D eigenvalue weighted by Crippen LogP contribution is 2.22. The van der Waals surface area contributed by atoms with Crippen LogP contribution in [-0.2, 0) is 11.2 Å². The predicted octanol–water partition coefficient (Wildman–Crippen LogP) is 2.01. The van der Waals surface area contributed by atoms with Gasteiger partial charge >= 0.3 is 0 Å². The van der Waals surface area contributed by atoms with Crippen LogP contribution in [0.1, 0.15) is 37.1 Å². The Labute approximate surface area is 128 Å². The zero-order chi connectivity index (χ0) is 14.8. The Kier molecular flexibility index (Phi) is 4.26. The third-order valence-corrected chi connectivity index (χ3v) is 5.03. The topological polar surface area (TPSA) is 57.8 Å². The first-order valence-electron chi connectivity index (χ1n) is 7.51. The summed E-state index contributed by atoms with van der Waals surface area (Å²) in [5.41, 5.74) is 1.99. The van der Waals surface area contributed by atoms with E-state index >= 15 is 0 Å². The molecule has 0 saturated carbocycles. The molecule has 1 saturated heterocycles. The molecule has 5 nitrogen and oxygen atoms in total. The molecule has 0 radical (unpaired) electrons. The van der Waals surface area contributed by atoms with E-state index in [-0.39, 0.29) is 18.6 Å². The minimum Gasteiger partial charge on any atom is -0.396 e. The minimum atomic E-state index is 0.151. The molecule has 2 aromatic heterocycles. The molecular weight excluding hydrogens is 286 g/mol. The van der Waals surface area contributed by atoms with Gasteiger partial charge in [0, 0.05) is 36.5 Å². The summed E-state index contributed by atoms with van der Waals surface area (Å²) in [6.07, 6.45) is 6.31. The van der Waals surface area contributed by atoms with E-state index in [2.05, 4.69) is 4.98 Å². The van der Waals surface area contributed by atoms with Crippen LogP contribution in [0, 0.1) is 6.92 Å². The van der Waals surface area contributed by atoms with Crippen LogP contribution in [0.4, 0.5) is 0 Å². The number of carbonyl (C=O) groups excluding carboxylic acids is 1. The monoisotopic (exact) mass is 307 g/mol. The number of thiazole rings is 1. The summed E-state index contributed by atoms with van der Waals surface area (Å²) >= 11 is 1.58. The van der Waals surface area contributed by atoms with Gasteiger partial charge in [0.2, 0.25) is 5.91 Å². The van der Waals surface area contributed by atoms with Crippen molar-refractivity contribution in [3.63, 3.8) is 0 Å². The van der Waals surface area contributed by atoms with Gasteiger partial charge in [-0.15, -0.1) is 11.3 Å². The van der Waals surface area contributed by atoms with Crippen molar-refractivity contribution in [2.24, 2.45) is 0 Å². The average Bonchev–Trinajstić information content (AvgIpc) is 3.00. The van der Waals surface area contributed by atoms with Gasteiger partial charge in [0.05, 0.1) is 12.1 Å². The maximum absolute atomic E-state index is 12.6. The Balaban J connectivity index is 1.75. The van der Waals surface area contributed by atoms with E-state index in [1.807, 2.05) is 27.8 Å². The van der Waals surface area contributed by atoms with Crippen LogP contribution >= 0.6 is 11.3 Å². The lowest BCUT2D eigenvalue weighted by Gasteiger charge is -2.35. The number of amides is 1. The second-order valence-corrected chi connectivity index (χ2v) is 6.52. The van der Waals surface area contributed by atoms with Crippen molar-refractivity contribution >= 4 is 22.2 Å². The Morgan fingerprint density at radius 1 is 1.52 bits per heavy atom. The lowest BCUT2D eigenvalue weighted by atomic mass is 9.99. The van der Waals surface area contributed by atoms with Gasteiger partial charge < -0.3 is 10.0 Å². The first-order valence-corrected chi connectivity index (χ1v) is 8.39. The van der Waals surface area contributed by atoms with Gasteiger partial charge in [-0.1, -0.05) is 0 Å². The summed E-state index contributed by atoms with van der Waals surface area (Å²) in [6.45, 7) is 2.94. The molecular formula is C15H21N3O2S. The molecule has 1 unspecified atom stereocenters. The number of imidazole rings is 1. The molecule has 0 aliphatic carbocycles. The standard InChI is InChI=1S/C15H21N3O2S/c1-11-9-18-13(10-21-15(18)16-11)8-14(20)17-6-3-2-4-12(17)5-7-19/h9-10,12,19H,2-8H2,1H3. The maximum atomic E-state index is 12.6. The molecule has 3 heterocycles. The number of aliphatic hydroxyl groups excluding tert-OH is 1. The van der Waals surface area contributed by atoms with Crippen LogP contribution in [-0.4, -0.2) is 44.5 Å². The smallest absolute Gasteiger partial charge is 0.228 e. The fourth-order valence-electron chi connectivity index (χ4n) is 3.10. The van der Waals surface area contributed by atoms with E-state index in [0.29, 0.717) is 12.8 Å². The Morgan fingerprint density at radius 2 is 2.38 bits per heavy atom. The summed E-state index contributed by atoms with van der Waals surface area (Å²) in [5, 5.41) is 11.2. The second kappa shape index (κ2) is 6.15. The zero-order valence-electron chi connectivity index (χ0n) is 12.3. The van der Waals surface area contributed by atoms with E-state index in [4.69, 9.17) is 0 Å². The van der Waals surface area contributed by atoms with Crippen molar-refractivity contribution < 1.29 is 9.90 Å². The zero-order valence-corrected chi connectivity index (χ0v) is 13.1. The number of aryl methyl sites for hydroxylation is 1. The number of fused-ring (bicyclic) bond motifs is 1. The number of hydrogen-bond donors (Lipinski definition) is 1. The van der Waals surface area contributed by atoms with Crippen LogP contribution in [0.15, 0.2) is 11.6 Å². The Morgan fingerprint density at radius 3 is 3.19 bits per heavy atom. The van der Waals surface area contributed by atoms with Gasteiger partial charge in [0.1, 0.15) is 0 Å². The predicted molar refractivity (Wildman–Crippen MR) is 82.6 cm³/mol. The number of carbonyl (C=O) groups is 1. The van der Waals surface area contributed by atoms with Crippen molar-refractivity contribution in [2.45, 2.75) is 45.1 Å². The highest BCUT2D eigenvalue weighted by atomic mass is 32.1. The highest BCUT2D eigenvalue weighted by molar-refractivity contribution is 7.15. The van der Waals surface area contributed by atoms with E-state index in [1.165, 1.54) is 0 Å². The lowest BCUT2D eigenvalue weighted by molar-refractivity contribution is -0.134. The van der Waals surface area contributed by atoms with Gasteiger partial charge in [0.15, 0.2) is 4.96 Å². The number of rotatable bonds is 4. The van der Waals surface area contributed by atoms with Crippen LogP contribution in [0.3, 0.4) is 0 Å². The Hall–Kier alpha value is -1.40. The number of nitrogens with zero attached hydrogens (tertiary/aromatic N) is 3. The van der Waals surface area contributed by atoms with Gasteiger partial charge in [-0.05, 0) is 32.6 Å². The molecule has 21 heavy (non-hydrogen) atoms. The molecule has 1 fully saturated rings. The molecule has 6 heteroatoms. The molecule has 1 aliphatic rings. The molecule has 1 aliphatic heterocycles. The van der Waals surface area contributed by atoms with Gasteiger partial charge in [-0.3, -0.25) is 9.20 Å². The van der Waals surface area contributed by atoms with Crippen LogP contribution in [0.2, 0.25) is 0 Å². The minimum absolute atomic E-state index is 0.151. The molecule has 0 spiro atoms. The highest BCUT2D eigenvalue weighted by Gasteiger charge is 2.26. The van der Waals surface area contributed by atoms with Gasteiger partial charge in [0.25, 0.3) is 0 Å². The second-order valence-electron chi connectivity index (χ2n) is 5.69. The first-order chi connectivity index (χ1) is 10.2. The lowest BCUT2D eigenvalue weighted by Crippen LogP contribution is -2.45. The summed E-state index contributed by atoms with van der Waals surface area (Å²) in [6, 6.07) is 0.204. The fraction of sp³-hybridized carbons (Fsp3) is 0.600. The van der Waals surface area contributed by atoms with Crippen LogP contribution in [0.25, 0.3) is 4.96 Å². The first kappa shape index (κ1) is 14.5. The van der Waals surface area contributed by atoms with Crippen molar-refractivity contribution in [3.8, 4) is 0 Å². The van der Waals surface area contributed by atoms with E-state index in [0.717, 1.165) is 42.2 Å². The maximum Gasteiger partial charge on any atom is 0.228 e. The summed E-state index contributed by atoms with van der Waals surface area (Å²) in [5.74, 6) is 0.166. The number of likely N-dealkylation sites (tertiary alicyclic amines) is 1. The molecule has 1 N–H and O–H groups in total. The largest absolute Gasteiger partial charge is 0.396 e. The molecule has 3 rings (SSSR count). The summed E-state index contributed by atoms with van der Waals surface area (Å²) in [7, 11) is 0. The van der Waals surface area contributed by atoms with Crippen molar-refractivity contribution in [1.82, 2.24) is 14.3 Å². The molecule has 114 valence electrons. The van der Waals surface area contributed by atoms with Gasteiger partial charge in [-0.2, -0.15) is 0 Å². The van der Waals surface area contributed by atoms with Crippen molar-refractivity contribution in [1.29, 1.82) is 0 Å². The number of aliphatic hydroxyl groups is 1. The SMILES string of the molecule is Cc1cn2c(CC(=O)N3CCCCC3CCO)csc2n1. The van der Waals surface area contributed by atoms with E-state index in [9.17, 15) is 9.90 Å². The van der Waals surface area contributed by atoms with E-state index < -0.39 is 0 Å². The average molecular weight is 307 g/mol. The fourth-order valence-corrected chi connectivity index (χ4v) is 4.02. The quantitative estimate of drug-likeness (QED) is 0.940. The van der Waals surface area contributed by atoms with Crippen molar-refractivity contribution in [2.75, 3.05) is 13.2 Å². The van der Waals surface area contributed by atoms with Crippen molar-refractivity contribution in [3.05, 3.63) is 23.0 Å². The molecule has 0 aromatic carbocycles.